The van der Waals surface area contributed by atoms with Gasteiger partial charge < -0.3 is 25.0 Å². The molecule has 1 aromatic heterocycles. The van der Waals surface area contributed by atoms with Crippen LogP contribution < -0.4 is 10.6 Å². The molecule has 6 atom stereocenters. The number of nitrogens with one attached hydrogen (secondary N) is 2. The molecule has 1 aliphatic heterocycles. The Hall–Kier alpha value is -4.17. The summed E-state index contributed by atoms with van der Waals surface area (Å²) in [6, 6.07) is 7.33. The SMILES string of the molecule is COC(=O)[C@@H](C)C[C@H](Cc1ccccc1)NC(=O)c1nc([C@@H](CC(C(C)C)N(C)C(=O)[C@@H](NC(=O)[C@H]2CC(=O)CCN2C)C(C)C)OC(C)=O)sc1C(C)C. The molecule has 3 rings (SSSR count). The number of hydrogen-bond donors (Lipinski definition) is 2. The number of benzene rings is 1. The predicted octanol–water partition coefficient (Wildman–Crippen LogP) is 5.09. The van der Waals surface area contributed by atoms with Gasteiger partial charge in [0.1, 0.15) is 22.5 Å². The van der Waals surface area contributed by atoms with Gasteiger partial charge in [-0.25, -0.2) is 4.98 Å². The Bertz CT molecular complexity index is 1640. The van der Waals surface area contributed by atoms with Crippen LogP contribution >= 0.6 is 11.3 Å². The molecule has 0 radical (unpaired) electrons. The van der Waals surface area contributed by atoms with Crippen molar-refractivity contribution >= 4 is 46.8 Å². The first kappa shape index (κ1) is 45.2. The van der Waals surface area contributed by atoms with Crippen LogP contribution in [0, 0.1) is 17.8 Å². The second-order valence-corrected chi connectivity index (χ2v) is 16.8. The van der Waals surface area contributed by atoms with Gasteiger partial charge in [-0.15, -0.1) is 11.3 Å². The molecule has 2 aromatic rings. The van der Waals surface area contributed by atoms with E-state index in [-0.39, 0.29) is 59.9 Å². The van der Waals surface area contributed by atoms with E-state index in [1.807, 2.05) is 76.8 Å². The number of ketones is 1. The molecule has 304 valence electrons. The lowest BCUT2D eigenvalue weighted by atomic mass is 9.94. The third kappa shape index (κ3) is 12.7. The fourth-order valence-corrected chi connectivity index (χ4v) is 8.09. The number of carbonyl (C=O) groups excluding carboxylic acids is 6. The van der Waals surface area contributed by atoms with Gasteiger partial charge in [0.05, 0.1) is 19.1 Å². The van der Waals surface area contributed by atoms with Crippen molar-refractivity contribution in [1.29, 1.82) is 0 Å². The summed E-state index contributed by atoms with van der Waals surface area (Å²) in [4.78, 5) is 87.6. The van der Waals surface area contributed by atoms with Gasteiger partial charge in [0.2, 0.25) is 11.8 Å². The van der Waals surface area contributed by atoms with Gasteiger partial charge in [-0.05, 0) is 43.2 Å². The smallest absolute Gasteiger partial charge is 0.308 e. The lowest BCUT2D eigenvalue weighted by molar-refractivity contribution is -0.149. The molecule has 0 bridgehead atoms. The highest BCUT2D eigenvalue weighted by Crippen LogP contribution is 2.36. The third-order valence-electron chi connectivity index (χ3n) is 10.2. The maximum absolute atomic E-state index is 14.2. The van der Waals surface area contributed by atoms with Crippen LogP contribution in [-0.2, 0) is 39.9 Å². The largest absolute Gasteiger partial charge is 0.469 e. The van der Waals surface area contributed by atoms with E-state index in [0.29, 0.717) is 35.7 Å². The molecular weight excluding hydrogens is 723 g/mol. The van der Waals surface area contributed by atoms with Crippen molar-refractivity contribution in [3.05, 3.63) is 51.5 Å². The topological polar surface area (TPSA) is 164 Å². The molecule has 1 aromatic carbocycles. The summed E-state index contributed by atoms with van der Waals surface area (Å²) >= 11 is 1.29. The fourth-order valence-electron chi connectivity index (χ4n) is 6.98. The lowest BCUT2D eigenvalue weighted by Gasteiger charge is -2.37. The zero-order chi connectivity index (χ0) is 41.1. The molecule has 2 N–H and O–H groups in total. The summed E-state index contributed by atoms with van der Waals surface area (Å²) in [5.41, 5.74) is 1.21. The molecule has 0 saturated carbocycles. The van der Waals surface area contributed by atoms with E-state index < -0.39 is 48.1 Å². The molecule has 13 nitrogen and oxygen atoms in total. The van der Waals surface area contributed by atoms with Gasteiger partial charge >= 0.3 is 11.9 Å². The average molecular weight is 784 g/mol. The second-order valence-electron chi connectivity index (χ2n) is 15.8. The Morgan fingerprint density at radius 3 is 2.20 bits per heavy atom. The summed E-state index contributed by atoms with van der Waals surface area (Å²) in [5.74, 6) is -2.86. The first-order chi connectivity index (χ1) is 25.8. The van der Waals surface area contributed by atoms with Crippen LogP contribution in [0.25, 0.3) is 0 Å². The highest BCUT2D eigenvalue weighted by Gasteiger charge is 2.38. The van der Waals surface area contributed by atoms with Gasteiger partial charge in [0, 0.05) is 56.7 Å². The molecule has 55 heavy (non-hydrogen) atoms. The summed E-state index contributed by atoms with van der Waals surface area (Å²) < 4.78 is 10.8. The van der Waals surface area contributed by atoms with Gasteiger partial charge in [0.15, 0.2) is 6.10 Å². The number of carbonyl (C=O) groups is 6. The van der Waals surface area contributed by atoms with E-state index in [9.17, 15) is 28.8 Å². The number of aromatic nitrogens is 1. The number of nitrogens with zero attached hydrogens (tertiary/aromatic N) is 3. The molecular formula is C41H61N5O8S. The molecule has 14 heteroatoms. The van der Waals surface area contributed by atoms with E-state index in [2.05, 4.69) is 10.6 Å². The average Bonchev–Trinajstić information content (AvgIpc) is 3.58. The van der Waals surface area contributed by atoms with Crippen molar-refractivity contribution in [3.63, 3.8) is 0 Å². The number of piperidine rings is 1. The van der Waals surface area contributed by atoms with E-state index in [0.717, 1.165) is 5.56 Å². The van der Waals surface area contributed by atoms with E-state index >= 15 is 0 Å². The Morgan fingerprint density at radius 2 is 1.64 bits per heavy atom. The maximum Gasteiger partial charge on any atom is 0.308 e. The predicted molar refractivity (Wildman–Crippen MR) is 211 cm³/mol. The van der Waals surface area contributed by atoms with Crippen molar-refractivity contribution in [1.82, 2.24) is 25.4 Å². The van der Waals surface area contributed by atoms with Crippen molar-refractivity contribution in [2.75, 3.05) is 27.7 Å². The number of hydrogen-bond acceptors (Lipinski definition) is 11. The van der Waals surface area contributed by atoms with Gasteiger partial charge in [-0.2, -0.15) is 0 Å². The maximum atomic E-state index is 14.2. The van der Waals surface area contributed by atoms with Crippen molar-refractivity contribution < 1.29 is 38.2 Å². The number of methoxy groups -OCH3 is 1. The minimum absolute atomic E-state index is 0.0165. The molecule has 1 aliphatic rings. The standard InChI is InChI=1S/C41H61N5O8S/c1-23(2)31(46(10)40(51)34(24(3)4)43-37(49)32-21-30(48)17-18-45(32)9)22-33(54-27(8)47)39-44-35(36(55-39)25(5)6)38(50)42-29(19-26(7)41(52)53-11)20-28-15-13-12-14-16-28/h12-16,23-26,29,31-34H,17-22H2,1-11H3,(H,42,50)(H,43,49)/t26-,29+,31?,32+,33+,34-/m0/s1. The van der Waals surface area contributed by atoms with Gasteiger partial charge in [-0.1, -0.05) is 78.8 Å². The van der Waals surface area contributed by atoms with Crippen molar-refractivity contribution in [3.8, 4) is 0 Å². The number of ether oxygens (including phenoxy) is 2. The van der Waals surface area contributed by atoms with Crippen LogP contribution in [0.3, 0.4) is 0 Å². The molecule has 0 aliphatic carbocycles. The number of likely N-dealkylation sites (N-methyl/N-ethyl adjacent to an activating group) is 2. The number of Topliss-reactive ketones (excluding diaryl/α,β-unsaturated/α-hetero) is 1. The zero-order valence-electron chi connectivity index (χ0n) is 34.3. The van der Waals surface area contributed by atoms with Crippen LogP contribution in [-0.4, -0.2) is 102 Å². The van der Waals surface area contributed by atoms with Crippen LogP contribution in [0.15, 0.2) is 30.3 Å². The normalized spacial score (nSPS) is 17.6. The van der Waals surface area contributed by atoms with Crippen molar-refractivity contribution in [2.45, 2.75) is 124 Å². The van der Waals surface area contributed by atoms with Crippen LogP contribution in [0.2, 0.25) is 0 Å². The minimum Gasteiger partial charge on any atom is -0.469 e. The van der Waals surface area contributed by atoms with E-state index in [1.165, 1.54) is 25.4 Å². The monoisotopic (exact) mass is 783 g/mol. The minimum atomic E-state index is -0.877. The molecule has 1 unspecified atom stereocenters. The lowest BCUT2D eigenvalue weighted by Crippen LogP contribution is -2.58. The van der Waals surface area contributed by atoms with Crippen LogP contribution in [0.5, 0.6) is 0 Å². The Kier molecular flexibility index (Phi) is 17.0. The summed E-state index contributed by atoms with van der Waals surface area (Å²) in [6.45, 7) is 15.1. The summed E-state index contributed by atoms with van der Waals surface area (Å²) in [6.07, 6.45) is 0.644. The summed E-state index contributed by atoms with van der Waals surface area (Å²) in [5, 5.41) is 6.47. The quantitative estimate of drug-likeness (QED) is 0.195. The second kappa shape index (κ2) is 20.7. The Labute approximate surface area is 330 Å². The number of rotatable bonds is 18. The van der Waals surface area contributed by atoms with Crippen LogP contribution in [0.4, 0.5) is 0 Å². The highest BCUT2D eigenvalue weighted by atomic mass is 32.1. The van der Waals surface area contributed by atoms with Gasteiger partial charge in [0.25, 0.3) is 5.91 Å². The van der Waals surface area contributed by atoms with E-state index in [4.69, 9.17) is 14.5 Å². The zero-order valence-corrected chi connectivity index (χ0v) is 35.2. The first-order valence-electron chi connectivity index (χ1n) is 19.2. The Morgan fingerprint density at radius 1 is 0.982 bits per heavy atom. The number of amides is 3. The first-order valence-corrected chi connectivity index (χ1v) is 20.0. The van der Waals surface area contributed by atoms with Crippen LogP contribution in [0.1, 0.15) is 119 Å². The van der Waals surface area contributed by atoms with Gasteiger partial charge in [-0.3, -0.25) is 33.7 Å². The fraction of sp³-hybridized carbons (Fsp3) is 0.634. The number of esters is 2. The van der Waals surface area contributed by atoms with E-state index in [1.54, 1.807) is 25.9 Å². The molecule has 0 spiro atoms. The molecule has 2 heterocycles. The number of thiazole rings is 1. The highest BCUT2D eigenvalue weighted by molar-refractivity contribution is 7.12. The molecule has 1 saturated heterocycles. The Balaban J connectivity index is 1.91. The summed E-state index contributed by atoms with van der Waals surface area (Å²) in [7, 11) is 4.82. The molecule has 3 amide bonds. The third-order valence-corrected chi connectivity index (χ3v) is 11.6. The molecule has 1 fully saturated rings. The number of likely N-dealkylation sites (tertiary alicyclic amines) is 1. The van der Waals surface area contributed by atoms with Crippen molar-refractivity contribution in [2.24, 2.45) is 17.8 Å².